The van der Waals surface area contributed by atoms with Crippen molar-refractivity contribution in [1.29, 1.82) is 0 Å². The number of benzene rings is 3. The molecular weight excluding hydrogens is 507 g/mol. The zero-order valence-corrected chi connectivity index (χ0v) is 22.1. The van der Waals surface area contributed by atoms with E-state index in [2.05, 4.69) is 10.2 Å². The Morgan fingerprint density at radius 2 is 1.74 bits per heavy atom. The molecule has 3 aromatic carbocycles. The van der Waals surface area contributed by atoms with E-state index >= 15 is 0 Å². The Labute approximate surface area is 220 Å². The Bertz CT molecular complexity index is 1690. The molecule has 1 aromatic heterocycles. The summed E-state index contributed by atoms with van der Waals surface area (Å²) >= 11 is 0. The standard InChI is InChI=1S/C29H27FN2O5S/c1-32-13-12-18-15-37-28-25(36-3)10-4-17(26(18)28)14-23(32)21-9-11-24(35-2)27-22(16-38(33,34)29(21)27)31-20-7-5-19(30)6-8-20/h4-11,15-16,23,31H,12-14H2,1-3H3. The lowest BCUT2D eigenvalue weighted by atomic mass is 9.90. The number of likely N-dealkylation sites (N-methyl/N-ethyl adjacent to an activating group) is 1. The molecule has 2 aliphatic heterocycles. The summed E-state index contributed by atoms with van der Waals surface area (Å²) in [4.78, 5) is 2.42. The van der Waals surface area contributed by atoms with Crippen LogP contribution in [0.1, 0.15) is 28.3 Å². The Morgan fingerprint density at radius 3 is 2.47 bits per heavy atom. The van der Waals surface area contributed by atoms with E-state index in [0.29, 0.717) is 52.6 Å². The molecule has 1 unspecified atom stereocenters. The first-order valence-electron chi connectivity index (χ1n) is 12.3. The number of methoxy groups -OCH3 is 2. The first-order chi connectivity index (χ1) is 18.3. The van der Waals surface area contributed by atoms with Gasteiger partial charge in [0.25, 0.3) is 0 Å². The van der Waals surface area contributed by atoms with Crippen LogP contribution in [0.5, 0.6) is 11.5 Å². The third kappa shape index (κ3) is 3.93. The van der Waals surface area contributed by atoms with Crippen LogP contribution in [0.15, 0.2) is 69.5 Å². The molecule has 38 heavy (non-hydrogen) atoms. The topological polar surface area (TPSA) is 81.0 Å². The third-order valence-corrected chi connectivity index (χ3v) is 8.98. The number of nitrogens with one attached hydrogen (secondary N) is 1. The molecule has 9 heteroatoms. The van der Waals surface area contributed by atoms with Crippen molar-refractivity contribution >= 4 is 32.2 Å². The second kappa shape index (κ2) is 9.18. The van der Waals surface area contributed by atoms with Gasteiger partial charge in [0.15, 0.2) is 11.3 Å². The molecular formula is C29H27FN2O5S. The summed E-state index contributed by atoms with van der Waals surface area (Å²) in [6.07, 6.45) is 3.12. The smallest absolute Gasteiger partial charge is 0.203 e. The van der Waals surface area contributed by atoms with Crippen molar-refractivity contribution in [3.05, 3.63) is 88.3 Å². The van der Waals surface area contributed by atoms with Crippen LogP contribution in [0.3, 0.4) is 0 Å². The summed E-state index contributed by atoms with van der Waals surface area (Å²) in [5, 5.41) is 5.42. The third-order valence-electron chi connectivity index (χ3n) is 7.43. The second-order valence-corrected chi connectivity index (χ2v) is 11.3. The van der Waals surface area contributed by atoms with Gasteiger partial charge in [-0.2, -0.15) is 0 Å². The summed E-state index contributed by atoms with van der Waals surface area (Å²) in [6.45, 7) is 0.713. The van der Waals surface area contributed by atoms with Crippen LogP contribution in [0.4, 0.5) is 10.1 Å². The van der Waals surface area contributed by atoms with Gasteiger partial charge < -0.3 is 19.2 Å². The largest absolute Gasteiger partial charge is 0.496 e. The molecule has 7 nitrogen and oxygen atoms in total. The number of anilines is 1. The molecule has 0 aliphatic carbocycles. The Balaban J connectivity index is 1.48. The van der Waals surface area contributed by atoms with E-state index < -0.39 is 9.84 Å². The number of sulfone groups is 1. The molecule has 1 atom stereocenters. The monoisotopic (exact) mass is 534 g/mol. The van der Waals surface area contributed by atoms with Crippen molar-refractivity contribution in [2.75, 3.05) is 33.1 Å². The Morgan fingerprint density at radius 1 is 1.00 bits per heavy atom. The molecule has 0 bridgehead atoms. The van der Waals surface area contributed by atoms with E-state index in [1.807, 2.05) is 31.3 Å². The van der Waals surface area contributed by atoms with Crippen LogP contribution in [0.2, 0.25) is 0 Å². The number of nitrogens with zero attached hydrogens (tertiary/aromatic N) is 1. The lowest BCUT2D eigenvalue weighted by molar-refractivity contribution is 0.241. The minimum absolute atomic E-state index is 0.220. The van der Waals surface area contributed by atoms with Gasteiger partial charge in [0, 0.05) is 23.7 Å². The van der Waals surface area contributed by atoms with E-state index in [9.17, 15) is 12.8 Å². The van der Waals surface area contributed by atoms with Gasteiger partial charge >= 0.3 is 0 Å². The minimum Gasteiger partial charge on any atom is -0.496 e. The van der Waals surface area contributed by atoms with E-state index in [-0.39, 0.29) is 16.8 Å². The number of ether oxygens (including phenoxy) is 2. The van der Waals surface area contributed by atoms with Crippen molar-refractivity contribution < 1.29 is 26.7 Å². The van der Waals surface area contributed by atoms with Crippen LogP contribution in [-0.2, 0) is 22.7 Å². The Hall–Kier alpha value is -3.82. The molecule has 1 N–H and O–H groups in total. The lowest BCUT2D eigenvalue weighted by Gasteiger charge is -2.32. The average Bonchev–Trinajstić information content (AvgIpc) is 3.44. The SMILES string of the molecule is COc1ccc(C2Cc3ccc(OC)c4occ(c34)CCN2C)c2c1C(Nc1ccc(F)cc1)=CS2(=O)=O. The van der Waals surface area contributed by atoms with Crippen molar-refractivity contribution in [1.82, 2.24) is 4.90 Å². The summed E-state index contributed by atoms with van der Waals surface area (Å²) < 4.78 is 57.8. The maximum atomic E-state index is 13.6. The average molecular weight is 535 g/mol. The highest BCUT2D eigenvalue weighted by atomic mass is 32.2. The summed E-state index contributed by atoms with van der Waals surface area (Å²) in [5.74, 6) is 0.752. The van der Waals surface area contributed by atoms with E-state index in [1.165, 1.54) is 24.7 Å². The second-order valence-electron chi connectivity index (χ2n) is 9.61. The van der Waals surface area contributed by atoms with E-state index in [4.69, 9.17) is 13.9 Å². The van der Waals surface area contributed by atoms with Crippen molar-refractivity contribution in [2.24, 2.45) is 0 Å². The van der Waals surface area contributed by atoms with Crippen molar-refractivity contribution in [2.45, 2.75) is 23.8 Å². The minimum atomic E-state index is -3.80. The van der Waals surface area contributed by atoms with Crippen LogP contribution in [0.25, 0.3) is 16.7 Å². The highest BCUT2D eigenvalue weighted by Gasteiger charge is 2.37. The number of hydrogen-bond donors (Lipinski definition) is 1. The summed E-state index contributed by atoms with van der Waals surface area (Å²) in [7, 11) is 1.36. The van der Waals surface area contributed by atoms with Gasteiger partial charge in [-0.05, 0) is 73.0 Å². The maximum absolute atomic E-state index is 13.6. The van der Waals surface area contributed by atoms with Crippen LogP contribution in [-0.4, -0.2) is 41.1 Å². The summed E-state index contributed by atoms with van der Waals surface area (Å²) in [6, 6.07) is 13.2. The van der Waals surface area contributed by atoms with Gasteiger partial charge in [-0.25, -0.2) is 12.8 Å². The van der Waals surface area contributed by atoms with Gasteiger partial charge in [0.05, 0.1) is 42.0 Å². The first kappa shape index (κ1) is 24.5. The molecule has 0 amide bonds. The number of rotatable bonds is 5. The molecule has 2 aliphatic rings. The molecule has 6 rings (SSSR count). The number of halogens is 1. The zero-order chi connectivity index (χ0) is 26.6. The van der Waals surface area contributed by atoms with Crippen LogP contribution < -0.4 is 14.8 Å². The fourth-order valence-electron chi connectivity index (χ4n) is 5.57. The molecule has 0 saturated heterocycles. The fourth-order valence-corrected chi connectivity index (χ4v) is 7.20. The van der Waals surface area contributed by atoms with E-state index in [0.717, 1.165) is 22.9 Å². The molecule has 0 radical (unpaired) electrons. The van der Waals surface area contributed by atoms with Crippen molar-refractivity contribution in [3.8, 4) is 11.5 Å². The maximum Gasteiger partial charge on any atom is 0.203 e. The fraction of sp³-hybridized carbons (Fsp3) is 0.241. The number of fused-ring (bicyclic) bond motifs is 1. The molecule has 0 spiro atoms. The van der Waals surface area contributed by atoms with Crippen LogP contribution in [0, 0.1) is 5.82 Å². The number of hydrogen-bond acceptors (Lipinski definition) is 7. The summed E-state index contributed by atoms with van der Waals surface area (Å²) in [5.41, 5.74) is 5.04. The van der Waals surface area contributed by atoms with Gasteiger partial charge in [-0.15, -0.1) is 0 Å². The first-order valence-corrected chi connectivity index (χ1v) is 13.8. The normalized spacial score (nSPS) is 18.4. The van der Waals surface area contributed by atoms with Crippen LogP contribution >= 0.6 is 0 Å². The predicted octanol–water partition coefficient (Wildman–Crippen LogP) is 5.56. The van der Waals surface area contributed by atoms with Gasteiger partial charge in [-0.1, -0.05) is 12.1 Å². The predicted molar refractivity (Wildman–Crippen MR) is 144 cm³/mol. The highest BCUT2D eigenvalue weighted by molar-refractivity contribution is 7.95. The van der Waals surface area contributed by atoms with Gasteiger partial charge in [-0.3, -0.25) is 4.90 Å². The number of furan rings is 1. The lowest BCUT2D eigenvalue weighted by Crippen LogP contribution is -2.30. The zero-order valence-electron chi connectivity index (χ0n) is 21.2. The Kier molecular flexibility index (Phi) is 5.92. The molecule has 196 valence electrons. The molecule has 0 saturated carbocycles. The van der Waals surface area contributed by atoms with Gasteiger partial charge in [0.1, 0.15) is 11.6 Å². The molecule has 4 aromatic rings. The molecule has 3 heterocycles. The highest BCUT2D eigenvalue weighted by Crippen LogP contribution is 2.46. The van der Waals surface area contributed by atoms with E-state index in [1.54, 1.807) is 25.5 Å². The van der Waals surface area contributed by atoms with Crippen molar-refractivity contribution in [3.63, 3.8) is 0 Å². The quantitative estimate of drug-likeness (QED) is 0.359. The van der Waals surface area contributed by atoms with Gasteiger partial charge in [0.2, 0.25) is 9.84 Å². The molecule has 0 fully saturated rings.